The van der Waals surface area contributed by atoms with Gasteiger partial charge in [-0.05, 0) is 63.7 Å². The molecule has 3 aliphatic carbocycles. The number of carbonyl (C=O) groups is 1. The van der Waals surface area contributed by atoms with Gasteiger partial charge in [0.25, 0.3) is 0 Å². The Kier molecular flexibility index (Phi) is 2.51. The summed E-state index contributed by atoms with van der Waals surface area (Å²) in [6.07, 6.45) is 4.23. The Morgan fingerprint density at radius 3 is 2.35 bits per heavy atom. The van der Waals surface area contributed by atoms with Gasteiger partial charge in [0.1, 0.15) is 6.61 Å². The molecule has 4 unspecified atom stereocenters. The van der Waals surface area contributed by atoms with Crippen molar-refractivity contribution in [2.75, 3.05) is 6.61 Å². The van der Waals surface area contributed by atoms with E-state index in [-0.39, 0.29) is 18.1 Å². The summed E-state index contributed by atoms with van der Waals surface area (Å²) < 4.78 is 5.50. The molecule has 3 saturated carbocycles. The van der Waals surface area contributed by atoms with Crippen molar-refractivity contribution in [3.05, 3.63) is 0 Å². The summed E-state index contributed by atoms with van der Waals surface area (Å²) in [6.45, 7) is 6.14. The van der Waals surface area contributed by atoms with Crippen molar-refractivity contribution in [1.29, 1.82) is 0 Å². The van der Waals surface area contributed by atoms with Crippen LogP contribution in [0.4, 0.5) is 0 Å². The van der Waals surface area contributed by atoms with Crippen LogP contribution < -0.4 is 5.32 Å². The van der Waals surface area contributed by atoms with E-state index >= 15 is 0 Å². The molecule has 3 aliphatic rings. The Morgan fingerprint density at radius 2 is 1.82 bits per heavy atom. The van der Waals surface area contributed by atoms with E-state index in [1.165, 1.54) is 19.3 Å². The van der Waals surface area contributed by atoms with Gasteiger partial charge in [-0.3, -0.25) is 4.79 Å². The van der Waals surface area contributed by atoms with Crippen molar-refractivity contribution in [1.82, 2.24) is 5.32 Å². The predicted octanol–water partition coefficient (Wildman–Crippen LogP) is 1.96. The number of fused-ring (bicyclic) bond motifs is 5. The van der Waals surface area contributed by atoms with Crippen molar-refractivity contribution in [3.8, 4) is 0 Å². The number of amides is 1. The van der Waals surface area contributed by atoms with Gasteiger partial charge in [0.05, 0.1) is 5.60 Å². The molecule has 3 rings (SSSR count). The normalized spacial score (nSPS) is 42.4. The molecule has 0 radical (unpaired) electrons. The van der Waals surface area contributed by atoms with Gasteiger partial charge in [-0.1, -0.05) is 0 Å². The molecule has 4 atom stereocenters. The zero-order valence-electron chi connectivity index (χ0n) is 11.0. The third-order valence-electron chi connectivity index (χ3n) is 4.70. The van der Waals surface area contributed by atoms with Gasteiger partial charge in [-0.15, -0.1) is 0 Å². The Morgan fingerprint density at radius 1 is 1.24 bits per heavy atom. The van der Waals surface area contributed by atoms with E-state index in [1.807, 2.05) is 20.8 Å². The lowest BCUT2D eigenvalue weighted by Crippen LogP contribution is -2.35. The molecule has 0 saturated heterocycles. The number of hydrogen-bond donors (Lipinski definition) is 1. The van der Waals surface area contributed by atoms with Crippen LogP contribution in [0, 0.1) is 23.7 Å². The average Bonchev–Trinajstić information content (AvgIpc) is 2.66. The highest BCUT2D eigenvalue weighted by atomic mass is 16.5. The van der Waals surface area contributed by atoms with E-state index < -0.39 is 0 Å². The molecule has 0 spiro atoms. The first kappa shape index (κ1) is 11.5. The molecule has 3 heteroatoms. The van der Waals surface area contributed by atoms with Crippen LogP contribution >= 0.6 is 0 Å². The van der Waals surface area contributed by atoms with E-state index in [0.717, 1.165) is 23.7 Å². The molecule has 2 bridgehead atoms. The summed E-state index contributed by atoms with van der Waals surface area (Å²) in [5.74, 6) is 3.52. The maximum Gasteiger partial charge on any atom is 0.246 e. The summed E-state index contributed by atoms with van der Waals surface area (Å²) in [6, 6.07) is 0.484. The minimum atomic E-state index is -0.226. The van der Waals surface area contributed by atoms with Crippen LogP contribution in [-0.4, -0.2) is 24.2 Å². The Labute approximate surface area is 103 Å². The van der Waals surface area contributed by atoms with Crippen molar-refractivity contribution in [3.63, 3.8) is 0 Å². The van der Waals surface area contributed by atoms with Crippen LogP contribution in [0.5, 0.6) is 0 Å². The predicted molar refractivity (Wildman–Crippen MR) is 65.4 cm³/mol. The minimum absolute atomic E-state index is 0.0683. The second kappa shape index (κ2) is 3.71. The lowest BCUT2D eigenvalue weighted by Gasteiger charge is -2.19. The SMILES string of the molecule is CC(C)(C)OCC(=O)NC1C2C3CCC(C3)C12. The molecule has 17 heavy (non-hydrogen) atoms. The summed E-state index contributed by atoms with van der Waals surface area (Å²) >= 11 is 0. The lowest BCUT2D eigenvalue weighted by atomic mass is 10.0. The highest BCUT2D eigenvalue weighted by Gasteiger charge is 2.65. The highest BCUT2D eigenvalue weighted by Crippen LogP contribution is 2.65. The van der Waals surface area contributed by atoms with Crippen LogP contribution in [0.2, 0.25) is 0 Å². The van der Waals surface area contributed by atoms with Crippen LogP contribution in [0.1, 0.15) is 40.0 Å². The summed E-state index contributed by atoms with van der Waals surface area (Å²) in [4.78, 5) is 11.8. The standard InChI is InChI=1S/C14H23NO2/c1-14(2,3)17-7-10(16)15-13-11-8-4-5-9(6-8)12(11)13/h8-9,11-13H,4-7H2,1-3H3,(H,15,16). The van der Waals surface area contributed by atoms with Gasteiger partial charge in [-0.25, -0.2) is 0 Å². The van der Waals surface area contributed by atoms with Crippen molar-refractivity contribution in [2.45, 2.75) is 51.7 Å². The quantitative estimate of drug-likeness (QED) is 0.815. The number of ether oxygens (including phenoxy) is 1. The molecule has 0 aliphatic heterocycles. The van der Waals surface area contributed by atoms with Crippen LogP contribution in [0.3, 0.4) is 0 Å². The minimum Gasteiger partial charge on any atom is -0.366 e. The first-order valence-electron chi connectivity index (χ1n) is 6.89. The van der Waals surface area contributed by atoms with Gasteiger partial charge < -0.3 is 10.1 Å². The van der Waals surface area contributed by atoms with Crippen LogP contribution in [0.25, 0.3) is 0 Å². The summed E-state index contributed by atoms with van der Waals surface area (Å²) in [5, 5.41) is 3.17. The third kappa shape index (κ3) is 2.10. The zero-order valence-corrected chi connectivity index (χ0v) is 11.0. The first-order valence-corrected chi connectivity index (χ1v) is 6.89. The van der Waals surface area contributed by atoms with E-state index in [4.69, 9.17) is 4.74 Å². The topological polar surface area (TPSA) is 38.3 Å². The van der Waals surface area contributed by atoms with E-state index in [2.05, 4.69) is 5.32 Å². The number of nitrogens with one attached hydrogen (secondary N) is 1. The fraction of sp³-hybridized carbons (Fsp3) is 0.929. The van der Waals surface area contributed by atoms with Gasteiger partial charge in [0, 0.05) is 6.04 Å². The van der Waals surface area contributed by atoms with Gasteiger partial charge in [0.2, 0.25) is 5.91 Å². The van der Waals surface area contributed by atoms with Gasteiger partial charge in [0.15, 0.2) is 0 Å². The second-order valence-electron chi connectivity index (χ2n) is 6.98. The molecule has 0 aromatic heterocycles. The third-order valence-corrected chi connectivity index (χ3v) is 4.70. The van der Waals surface area contributed by atoms with Crippen molar-refractivity contribution < 1.29 is 9.53 Å². The number of hydrogen-bond acceptors (Lipinski definition) is 2. The molecule has 0 aromatic rings. The maximum absolute atomic E-state index is 11.8. The number of carbonyl (C=O) groups excluding carboxylic acids is 1. The van der Waals surface area contributed by atoms with Crippen LogP contribution in [-0.2, 0) is 9.53 Å². The Hall–Kier alpha value is -0.570. The van der Waals surface area contributed by atoms with Crippen LogP contribution in [0.15, 0.2) is 0 Å². The second-order valence-corrected chi connectivity index (χ2v) is 6.98. The average molecular weight is 237 g/mol. The molecular weight excluding hydrogens is 214 g/mol. The molecule has 1 N–H and O–H groups in total. The fourth-order valence-electron chi connectivity index (χ4n) is 4.03. The van der Waals surface area contributed by atoms with Gasteiger partial charge in [-0.2, -0.15) is 0 Å². The monoisotopic (exact) mass is 237 g/mol. The Balaban J connectivity index is 1.45. The Bertz CT molecular complexity index is 318. The molecule has 3 fully saturated rings. The molecule has 3 nitrogen and oxygen atoms in total. The highest BCUT2D eigenvalue weighted by molar-refractivity contribution is 5.78. The molecular formula is C14H23NO2. The maximum atomic E-state index is 11.8. The molecule has 1 amide bonds. The first-order chi connectivity index (χ1) is 7.96. The fourth-order valence-corrected chi connectivity index (χ4v) is 4.03. The van der Waals surface area contributed by atoms with E-state index in [1.54, 1.807) is 0 Å². The molecule has 96 valence electrons. The molecule has 0 heterocycles. The lowest BCUT2D eigenvalue weighted by molar-refractivity contribution is -0.130. The van der Waals surface area contributed by atoms with Crippen molar-refractivity contribution >= 4 is 5.91 Å². The largest absolute Gasteiger partial charge is 0.366 e. The zero-order chi connectivity index (χ0) is 12.2. The molecule has 0 aromatic carbocycles. The summed E-state index contributed by atoms with van der Waals surface area (Å²) in [5.41, 5.74) is -0.226. The van der Waals surface area contributed by atoms with Crippen molar-refractivity contribution in [2.24, 2.45) is 23.7 Å². The van der Waals surface area contributed by atoms with Gasteiger partial charge >= 0.3 is 0 Å². The van der Waals surface area contributed by atoms with E-state index in [0.29, 0.717) is 6.04 Å². The number of rotatable bonds is 3. The summed E-state index contributed by atoms with van der Waals surface area (Å²) in [7, 11) is 0. The smallest absolute Gasteiger partial charge is 0.246 e. The van der Waals surface area contributed by atoms with E-state index in [9.17, 15) is 4.79 Å².